The smallest absolute Gasteiger partial charge is 0.407 e. The van der Waals surface area contributed by atoms with Crippen LogP contribution in [0.3, 0.4) is 0 Å². The molecule has 0 saturated carbocycles. The van der Waals surface area contributed by atoms with E-state index in [0.29, 0.717) is 0 Å². The van der Waals surface area contributed by atoms with Crippen molar-refractivity contribution >= 4 is 29.4 Å². The van der Waals surface area contributed by atoms with Crippen molar-refractivity contribution in [1.82, 2.24) is 5.32 Å². The third-order valence-electron chi connectivity index (χ3n) is 3.76. The lowest BCUT2D eigenvalue weighted by Crippen LogP contribution is -2.46. The molecule has 0 spiro atoms. The molecule has 1 aliphatic heterocycles. The van der Waals surface area contributed by atoms with Gasteiger partial charge in [-0.3, -0.25) is 0 Å². The van der Waals surface area contributed by atoms with E-state index in [4.69, 9.17) is 21.4 Å². The molecule has 0 aliphatic carbocycles. The van der Waals surface area contributed by atoms with Crippen molar-refractivity contribution in [2.45, 2.75) is 45.3 Å². The number of alkyl carbamates (subject to hydrolysis) is 1. The van der Waals surface area contributed by atoms with Gasteiger partial charge < -0.3 is 20.1 Å². The number of carbonyl (C=O) groups excluding carboxylic acids is 1. The second-order valence-corrected chi connectivity index (χ2v) is 7.28. The molecule has 0 radical (unpaired) electrons. The highest BCUT2D eigenvalue weighted by Gasteiger charge is 2.24. The summed E-state index contributed by atoms with van der Waals surface area (Å²) in [4.78, 5) is 25.1. The number of nitrogens with zero attached hydrogens (tertiary/aromatic N) is 1. The molecular weight excluding hydrogens is 332 g/mol. The van der Waals surface area contributed by atoms with Gasteiger partial charge in [0.15, 0.2) is 0 Å². The fourth-order valence-electron chi connectivity index (χ4n) is 2.63. The fraction of sp³-hybridized carbons (Fsp3) is 0.529. The highest BCUT2D eigenvalue weighted by atomic mass is 35.5. The Morgan fingerprint density at radius 3 is 2.46 bits per heavy atom. The summed E-state index contributed by atoms with van der Waals surface area (Å²) >= 11 is 5.90. The van der Waals surface area contributed by atoms with Crippen LogP contribution in [0.25, 0.3) is 0 Å². The molecule has 7 heteroatoms. The molecule has 0 aromatic heterocycles. The second kappa shape index (κ2) is 7.30. The zero-order chi connectivity index (χ0) is 17.9. The first-order valence-electron chi connectivity index (χ1n) is 7.93. The number of hydrogen-bond donors (Lipinski definition) is 2. The van der Waals surface area contributed by atoms with Crippen LogP contribution in [0.1, 0.15) is 44.0 Å². The van der Waals surface area contributed by atoms with Crippen molar-refractivity contribution in [1.29, 1.82) is 0 Å². The molecule has 1 aromatic rings. The quantitative estimate of drug-likeness (QED) is 0.868. The van der Waals surface area contributed by atoms with Crippen molar-refractivity contribution in [2.24, 2.45) is 0 Å². The highest BCUT2D eigenvalue weighted by molar-refractivity contribution is 6.33. The number of piperidine rings is 1. The lowest BCUT2D eigenvalue weighted by molar-refractivity contribution is 0.0496. The molecule has 2 N–H and O–H groups in total. The molecule has 0 atom stereocenters. The first-order chi connectivity index (χ1) is 11.2. The third kappa shape index (κ3) is 5.03. The largest absolute Gasteiger partial charge is 0.478 e. The van der Waals surface area contributed by atoms with Gasteiger partial charge >= 0.3 is 12.1 Å². The van der Waals surface area contributed by atoms with Gasteiger partial charge in [-0.25, -0.2) is 9.59 Å². The monoisotopic (exact) mass is 354 g/mol. The van der Waals surface area contributed by atoms with Crippen LogP contribution in [-0.2, 0) is 4.74 Å². The average molecular weight is 355 g/mol. The van der Waals surface area contributed by atoms with E-state index in [9.17, 15) is 9.59 Å². The summed E-state index contributed by atoms with van der Waals surface area (Å²) in [5.74, 6) is -1.04. The van der Waals surface area contributed by atoms with Crippen LogP contribution in [0.2, 0.25) is 5.02 Å². The van der Waals surface area contributed by atoms with Crippen molar-refractivity contribution in [2.75, 3.05) is 18.0 Å². The average Bonchev–Trinajstić information content (AvgIpc) is 2.46. The van der Waals surface area contributed by atoms with Crippen molar-refractivity contribution in [3.8, 4) is 0 Å². The predicted molar refractivity (Wildman–Crippen MR) is 93.0 cm³/mol. The van der Waals surface area contributed by atoms with E-state index in [-0.39, 0.29) is 16.6 Å². The Bertz CT molecular complexity index is 620. The van der Waals surface area contributed by atoms with E-state index in [1.165, 1.54) is 0 Å². The molecule has 0 unspecified atom stereocenters. The Kier molecular flexibility index (Phi) is 5.59. The Morgan fingerprint density at radius 1 is 1.29 bits per heavy atom. The van der Waals surface area contributed by atoms with Crippen LogP contribution < -0.4 is 10.2 Å². The van der Waals surface area contributed by atoms with Gasteiger partial charge in [-0.2, -0.15) is 0 Å². The number of amides is 1. The zero-order valence-corrected chi connectivity index (χ0v) is 14.9. The van der Waals surface area contributed by atoms with Crippen molar-refractivity contribution in [3.63, 3.8) is 0 Å². The number of nitrogens with one attached hydrogen (secondary N) is 1. The molecule has 6 nitrogen and oxygen atoms in total. The van der Waals surface area contributed by atoms with Crippen molar-refractivity contribution < 1.29 is 19.4 Å². The van der Waals surface area contributed by atoms with E-state index >= 15 is 0 Å². The summed E-state index contributed by atoms with van der Waals surface area (Å²) in [7, 11) is 0. The Morgan fingerprint density at radius 2 is 1.92 bits per heavy atom. The molecule has 1 saturated heterocycles. The summed E-state index contributed by atoms with van der Waals surface area (Å²) in [5.41, 5.74) is 0.414. The van der Waals surface area contributed by atoms with Crippen LogP contribution >= 0.6 is 11.6 Å². The van der Waals surface area contributed by atoms with E-state index in [1.54, 1.807) is 12.1 Å². The molecule has 1 amide bonds. The van der Waals surface area contributed by atoms with Gasteiger partial charge in [0.25, 0.3) is 0 Å². The molecule has 1 fully saturated rings. The first-order valence-corrected chi connectivity index (χ1v) is 8.31. The molecule has 1 aromatic carbocycles. The molecule has 0 bridgehead atoms. The van der Waals surface area contributed by atoms with Gasteiger partial charge in [-0.05, 0) is 51.8 Å². The molecular formula is C17H23ClN2O4. The first kappa shape index (κ1) is 18.4. The Hall–Kier alpha value is -1.95. The number of carbonyl (C=O) groups is 2. The molecule has 1 heterocycles. The number of carboxylic acid groups (broad SMARTS) is 1. The van der Waals surface area contributed by atoms with Crippen LogP contribution in [-0.4, -0.2) is 41.9 Å². The number of anilines is 1. The SMILES string of the molecule is CC(C)(C)OC(=O)NC1CCN(c2ccc(Cl)c(C(=O)O)c2)CC1. The maximum atomic E-state index is 11.8. The molecule has 24 heavy (non-hydrogen) atoms. The summed E-state index contributed by atoms with van der Waals surface area (Å²) < 4.78 is 5.26. The van der Waals surface area contributed by atoms with E-state index < -0.39 is 17.7 Å². The number of halogens is 1. The van der Waals surface area contributed by atoms with Gasteiger partial charge in [0.2, 0.25) is 0 Å². The summed E-state index contributed by atoms with van der Waals surface area (Å²) in [5, 5.41) is 12.3. The number of aromatic carboxylic acids is 1. The summed E-state index contributed by atoms with van der Waals surface area (Å²) in [6.07, 6.45) is 1.13. The topological polar surface area (TPSA) is 78.9 Å². The van der Waals surface area contributed by atoms with Gasteiger partial charge in [0.05, 0.1) is 10.6 Å². The minimum atomic E-state index is -1.04. The maximum Gasteiger partial charge on any atom is 0.407 e. The van der Waals surface area contributed by atoms with Crippen LogP contribution in [0, 0.1) is 0 Å². The summed E-state index contributed by atoms with van der Waals surface area (Å²) in [6.45, 7) is 6.93. The summed E-state index contributed by atoms with van der Waals surface area (Å²) in [6, 6.07) is 5.07. The zero-order valence-electron chi connectivity index (χ0n) is 14.1. The van der Waals surface area contributed by atoms with Gasteiger partial charge in [0.1, 0.15) is 5.60 Å². The van der Waals surface area contributed by atoms with Crippen LogP contribution in [0.4, 0.5) is 10.5 Å². The van der Waals surface area contributed by atoms with Crippen LogP contribution in [0.5, 0.6) is 0 Å². The highest BCUT2D eigenvalue weighted by Crippen LogP contribution is 2.26. The number of carboxylic acids is 1. The minimum Gasteiger partial charge on any atom is -0.478 e. The Balaban J connectivity index is 1.92. The standard InChI is InChI=1S/C17H23ClN2O4/c1-17(2,3)24-16(23)19-11-6-8-20(9-7-11)12-4-5-14(18)13(10-12)15(21)22/h4-5,10-11H,6-9H2,1-3H3,(H,19,23)(H,21,22). The molecule has 2 rings (SSSR count). The maximum absolute atomic E-state index is 11.8. The normalized spacial score (nSPS) is 15.9. The lowest BCUT2D eigenvalue weighted by Gasteiger charge is -2.34. The van der Waals surface area contributed by atoms with E-state index in [2.05, 4.69) is 10.2 Å². The molecule has 1 aliphatic rings. The lowest BCUT2D eigenvalue weighted by atomic mass is 10.0. The minimum absolute atomic E-state index is 0.0577. The van der Waals surface area contributed by atoms with Crippen molar-refractivity contribution in [3.05, 3.63) is 28.8 Å². The van der Waals surface area contributed by atoms with Gasteiger partial charge in [0, 0.05) is 24.8 Å². The fourth-order valence-corrected chi connectivity index (χ4v) is 2.83. The van der Waals surface area contributed by atoms with E-state index in [1.807, 2.05) is 26.8 Å². The number of benzene rings is 1. The number of hydrogen-bond acceptors (Lipinski definition) is 4. The molecule has 132 valence electrons. The predicted octanol–water partition coefficient (Wildman–Crippen LogP) is 3.53. The van der Waals surface area contributed by atoms with Gasteiger partial charge in [-0.15, -0.1) is 0 Å². The third-order valence-corrected chi connectivity index (χ3v) is 4.09. The number of rotatable bonds is 3. The Labute approximate surface area is 146 Å². The van der Waals surface area contributed by atoms with Gasteiger partial charge in [-0.1, -0.05) is 11.6 Å². The van der Waals surface area contributed by atoms with E-state index in [0.717, 1.165) is 31.6 Å². The number of ether oxygens (including phenoxy) is 1. The second-order valence-electron chi connectivity index (χ2n) is 6.88. The van der Waals surface area contributed by atoms with Crippen LogP contribution in [0.15, 0.2) is 18.2 Å².